The van der Waals surface area contributed by atoms with Crippen LogP contribution in [-0.2, 0) is 13.5 Å². The first-order chi connectivity index (χ1) is 12.6. The summed E-state index contributed by atoms with van der Waals surface area (Å²) in [4.78, 5) is 14.9. The van der Waals surface area contributed by atoms with Crippen LogP contribution in [0.15, 0.2) is 30.3 Å². The number of amides is 1. The molecule has 2 heterocycles. The summed E-state index contributed by atoms with van der Waals surface area (Å²) in [6.07, 6.45) is 4.07. The number of likely N-dealkylation sites (tertiary alicyclic amines) is 1. The molecule has 3 rings (SSSR count). The number of aromatic nitrogens is 2. The van der Waals surface area contributed by atoms with Crippen LogP contribution in [0.2, 0.25) is 0 Å². The van der Waals surface area contributed by atoms with Crippen LogP contribution in [0.5, 0.6) is 5.75 Å². The molecule has 0 bridgehead atoms. The van der Waals surface area contributed by atoms with Gasteiger partial charge in [0.05, 0.1) is 12.3 Å². The predicted molar refractivity (Wildman–Crippen MR) is 103 cm³/mol. The Kier molecular flexibility index (Phi) is 5.96. The molecule has 2 aromatic rings. The highest BCUT2D eigenvalue weighted by atomic mass is 16.5. The first kappa shape index (κ1) is 18.5. The van der Waals surface area contributed by atoms with Crippen LogP contribution in [0.4, 0.5) is 0 Å². The van der Waals surface area contributed by atoms with Gasteiger partial charge in [-0.05, 0) is 49.9 Å². The number of rotatable bonds is 6. The Labute approximate surface area is 156 Å². The molecule has 1 aromatic carbocycles. The molecular formula is C21H29N3O2. The number of carbonyl (C=O) groups is 1. The van der Waals surface area contributed by atoms with Crippen molar-refractivity contribution in [3.8, 4) is 5.75 Å². The minimum absolute atomic E-state index is 0.0857. The number of hydrogen-bond acceptors (Lipinski definition) is 3. The average Bonchev–Trinajstić information content (AvgIpc) is 3.00. The summed E-state index contributed by atoms with van der Waals surface area (Å²) < 4.78 is 7.69. The highest BCUT2D eigenvalue weighted by molar-refractivity contribution is 5.92. The number of aryl methyl sites for hydroxylation is 3. The molecule has 1 aliphatic heterocycles. The molecule has 0 unspecified atom stereocenters. The minimum Gasteiger partial charge on any atom is -0.493 e. The van der Waals surface area contributed by atoms with E-state index in [0.29, 0.717) is 18.2 Å². The second-order valence-electron chi connectivity index (χ2n) is 7.28. The normalized spacial score (nSPS) is 17.3. The Balaban J connectivity index is 1.60. The van der Waals surface area contributed by atoms with E-state index >= 15 is 0 Å². The van der Waals surface area contributed by atoms with Gasteiger partial charge in [0.1, 0.15) is 11.4 Å². The lowest BCUT2D eigenvalue weighted by atomic mass is 9.98. The molecule has 1 fully saturated rings. The van der Waals surface area contributed by atoms with Gasteiger partial charge in [0, 0.05) is 26.1 Å². The summed E-state index contributed by atoms with van der Waals surface area (Å²) >= 11 is 0. The van der Waals surface area contributed by atoms with Gasteiger partial charge in [0.25, 0.3) is 5.91 Å². The molecule has 5 nitrogen and oxygen atoms in total. The molecule has 0 saturated carbocycles. The van der Waals surface area contributed by atoms with E-state index in [4.69, 9.17) is 4.74 Å². The number of hydrogen-bond donors (Lipinski definition) is 0. The van der Waals surface area contributed by atoms with Gasteiger partial charge in [0.15, 0.2) is 0 Å². The van der Waals surface area contributed by atoms with E-state index in [-0.39, 0.29) is 5.91 Å². The van der Waals surface area contributed by atoms with Crippen LogP contribution in [0.1, 0.15) is 47.9 Å². The van der Waals surface area contributed by atoms with Gasteiger partial charge < -0.3 is 9.64 Å². The third-order valence-electron chi connectivity index (χ3n) is 4.94. The van der Waals surface area contributed by atoms with Gasteiger partial charge in [-0.15, -0.1) is 0 Å². The molecule has 5 heteroatoms. The van der Waals surface area contributed by atoms with E-state index in [1.807, 2.05) is 30.1 Å². The quantitative estimate of drug-likeness (QED) is 0.795. The molecule has 1 aromatic heterocycles. The predicted octanol–water partition coefficient (Wildman–Crippen LogP) is 3.61. The van der Waals surface area contributed by atoms with Gasteiger partial charge in [-0.3, -0.25) is 9.48 Å². The molecule has 1 atom stereocenters. The maximum atomic E-state index is 12.9. The van der Waals surface area contributed by atoms with Crippen LogP contribution in [0.3, 0.4) is 0 Å². The van der Waals surface area contributed by atoms with Gasteiger partial charge in [-0.25, -0.2) is 0 Å². The largest absolute Gasteiger partial charge is 0.493 e. The number of nitrogens with zero attached hydrogens (tertiary/aromatic N) is 3. The standard InChI is InChI=1S/C21H29N3O2/c1-4-7-18-13-20(23(3)22-18)21(25)24-11-6-9-17(14-24)15-26-19-10-5-8-16(2)12-19/h5,8,10,12-13,17H,4,6-7,9,11,14-15H2,1-3H3/t17-/m0/s1. The number of ether oxygens (including phenoxy) is 1. The summed E-state index contributed by atoms with van der Waals surface area (Å²) in [6.45, 7) is 6.40. The fourth-order valence-electron chi connectivity index (χ4n) is 3.57. The van der Waals surface area contributed by atoms with Gasteiger partial charge in [-0.2, -0.15) is 5.10 Å². The van der Waals surface area contributed by atoms with Crippen molar-refractivity contribution in [2.45, 2.75) is 39.5 Å². The first-order valence-corrected chi connectivity index (χ1v) is 9.58. The summed E-state index contributed by atoms with van der Waals surface area (Å²) in [5.74, 6) is 1.36. The van der Waals surface area contributed by atoms with Crippen LogP contribution >= 0.6 is 0 Å². The molecule has 0 radical (unpaired) electrons. The van der Waals surface area contributed by atoms with Crippen molar-refractivity contribution >= 4 is 5.91 Å². The maximum absolute atomic E-state index is 12.9. The smallest absolute Gasteiger partial charge is 0.272 e. The van der Waals surface area contributed by atoms with Crippen molar-refractivity contribution in [2.24, 2.45) is 13.0 Å². The minimum atomic E-state index is 0.0857. The molecule has 0 aliphatic carbocycles. The Morgan fingerprint density at radius 3 is 2.96 bits per heavy atom. The van der Waals surface area contributed by atoms with Crippen molar-refractivity contribution in [3.63, 3.8) is 0 Å². The lowest BCUT2D eigenvalue weighted by Crippen LogP contribution is -2.42. The lowest BCUT2D eigenvalue weighted by Gasteiger charge is -2.32. The van der Waals surface area contributed by atoms with E-state index in [0.717, 1.165) is 50.2 Å². The third kappa shape index (κ3) is 4.45. The monoisotopic (exact) mass is 355 g/mol. The summed E-state index contributed by atoms with van der Waals surface area (Å²) in [6, 6.07) is 10.1. The fourth-order valence-corrected chi connectivity index (χ4v) is 3.57. The van der Waals surface area contributed by atoms with Crippen molar-refractivity contribution in [1.29, 1.82) is 0 Å². The number of piperidine rings is 1. The Bertz CT molecular complexity index is 753. The third-order valence-corrected chi connectivity index (χ3v) is 4.94. The zero-order valence-corrected chi connectivity index (χ0v) is 16.1. The molecule has 1 saturated heterocycles. The zero-order chi connectivity index (χ0) is 18.5. The van der Waals surface area contributed by atoms with E-state index in [1.54, 1.807) is 4.68 Å². The van der Waals surface area contributed by atoms with Crippen molar-refractivity contribution in [2.75, 3.05) is 19.7 Å². The summed E-state index contributed by atoms with van der Waals surface area (Å²) in [7, 11) is 1.86. The van der Waals surface area contributed by atoms with Gasteiger partial charge in [0.2, 0.25) is 0 Å². The second-order valence-corrected chi connectivity index (χ2v) is 7.28. The van der Waals surface area contributed by atoms with Crippen molar-refractivity contribution in [3.05, 3.63) is 47.3 Å². The fraction of sp³-hybridized carbons (Fsp3) is 0.524. The Morgan fingerprint density at radius 2 is 2.19 bits per heavy atom. The topological polar surface area (TPSA) is 47.4 Å². The lowest BCUT2D eigenvalue weighted by molar-refractivity contribution is 0.0622. The Hall–Kier alpha value is -2.30. The second kappa shape index (κ2) is 8.39. The molecule has 140 valence electrons. The van der Waals surface area contributed by atoms with E-state index < -0.39 is 0 Å². The van der Waals surface area contributed by atoms with Crippen LogP contribution in [-0.4, -0.2) is 40.3 Å². The van der Waals surface area contributed by atoms with Crippen LogP contribution in [0, 0.1) is 12.8 Å². The molecule has 1 aliphatic rings. The van der Waals surface area contributed by atoms with Crippen molar-refractivity contribution < 1.29 is 9.53 Å². The number of benzene rings is 1. The van der Waals surface area contributed by atoms with E-state index in [2.05, 4.69) is 31.1 Å². The molecule has 26 heavy (non-hydrogen) atoms. The highest BCUT2D eigenvalue weighted by Gasteiger charge is 2.27. The molecule has 1 amide bonds. The molecular weight excluding hydrogens is 326 g/mol. The van der Waals surface area contributed by atoms with Crippen LogP contribution < -0.4 is 4.74 Å². The van der Waals surface area contributed by atoms with Crippen LogP contribution in [0.25, 0.3) is 0 Å². The Morgan fingerprint density at radius 1 is 1.35 bits per heavy atom. The molecule has 0 N–H and O–H groups in total. The highest BCUT2D eigenvalue weighted by Crippen LogP contribution is 2.21. The molecule has 0 spiro atoms. The zero-order valence-electron chi connectivity index (χ0n) is 16.1. The number of carbonyl (C=O) groups excluding carboxylic acids is 1. The maximum Gasteiger partial charge on any atom is 0.272 e. The first-order valence-electron chi connectivity index (χ1n) is 9.58. The van der Waals surface area contributed by atoms with Crippen molar-refractivity contribution in [1.82, 2.24) is 14.7 Å². The summed E-state index contributed by atoms with van der Waals surface area (Å²) in [5.41, 5.74) is 2.88. The summed E-state index contributed by atoms with van der Waals surface area (Å²) in [5, 5.41) is 4.46. The average molecular weight is 355 g/mol. The van der Waals surface area contributed by atoms with E-state index in [9.17, 15) is 4.79 Å². The van der Waals surface area contributed by atoms with Gasteiger partial charge in [-0.1, -0.05) is 25.5 Å². The SMILES string of the molecule is CCCc1cc(C(=O)N2CCC[C@H](COc3cccc(C)c3)C2)n(C)n1. The van der Waals surface area contributed by atoms with E-state index in [1.165, 1.54) is 5.56 Å². The van der Waals surface area contributed by atoms with Gasteiger partial charge >= 0.3 is 0 Å².